The van der Waals surface area contributed by atoms with E-state index in [2.05, 4.69) is 18.7 Å². The van der Waals surface area contributed by atoms with E-state index in [4.69, 9.17) is 5.73 Å². The van der Waals surface area contributed by atoms with Crippen LogP contribution in [-0.2, 0) is 0 Å². The summed E-state index contributed by atoms with van der Waals surface area (Å²) in [6.07, 6.45) is 3.18. The minimum absolute atomic E-state index is 0.0681. The highest BCUT2D eigenvalue weighted by Gasteiger charge is 2.27. The fourth-order valence-corrected chi connectivity index (χ4v) is 5.54. The summed E-state index contributed by atoms with van der Waals surface area (Å²) in [7, 11) is 0. The average Bonchev–Trinajstić information content (AvgIpc) is 2.59. The first-order chi connectivity index (χ1) is 9.35. The second kappa shape index (κ2) is 6.20. The third-order valence-corrected chi connectivity index (χ3v) is 7.22. The van der Waals surface area contributed by atoms with Crippen molar-refractivity contribution in [2.75, 3.05) is 35.7 Å². The maximum absolute atomic E-state index is 11.7. The number of Topliss-reactive ketones (excluding diaryl/α,β-unsaturated/α-hetero) is 1. The van der Waals surface area contributed by atoms with Gasteiger partial charge in [-0.15, -0.1) is 23.1 Å². The number of nitrogens with zero attached hydrogens (tertiary/aromatic N) is 1. The summed E-state index contributed by atoms with van der Waals surface area (Å²) in [4.78, 5) is 15.9. The highest BCUT2D eigenvalue weighted by atomic mass is 32.2. The molecule has 20 heavy (non-hydrogen) atoms. The summed E-state index contributed by atoms with van der Waals surface area (Å²) in [6, 6.07) is 0. The van der Waals surface area contributed by atoms with E-state index in [0.29, 0.717) is 15.3 Å². The fourth-order valence-electron chi connectivity index (χ4n) is 2.31. The van der Waals surface area contributed by atoms with Crippen LogP contribution < -0.4 is 10.6 Å². The quantitative estimate of drug-likeness (QED) is 0.671. The Morgan fingerprint density at radius 3 is 2.70 bits per heavy atom. The minimum atomic E-state index is 0.0681. The maximum Gasteiger partial charge on any atom is 0.171 e. The van der Waals surface area contributed by atoms with Gasteiger partial charge in [0.1, 0.15) is 5.00 Å². The van der Waals surface area contributed by atoms with Crippen LogP contribution in [0.3, 0.4) is 0 Å². The number of carbonyl (C=O) groups excluding carboxylic acids is 1. The van der Waals surface area contributed by atoms with Gasteiger partial charge < -0.3 is 10.6 Å². The molecular formula is C14H22N2OS3. The Balaban J connectivity index is 2.32. The van der Waals surface area contributed by atoms with Gasteiger partial charge in [0, 0.05) is 30.5 Å². The van der Waals surface area contributed by atoms with Crippen molar-refractivity contribution in [3.63, 3.8) is 0 Å². The second-order valence-electron chi connectivity index (χ2n) is 5.58. The Bertz CT molecular complexity index is 511. The molecule has 1 aliphatic rings. The number of anilines is 2. The number of ketones is 1. The largest absolute Gasteiger partial charge is 0.396 e. The normalized spacial score (nSPS) is 18.9. The molecule has 0 unspecified atom stereocenters. The molecule has 6 heteroatoms. The molecule has 2 N–H and O–H groups in total. The van der Waals surface area contributed by atoms with Gasteiger partial charge in [-0.1, -0.05) is 13.8 Å². The van der Waals surface area contributed by atoms with Gasteiger partial charge in [-0.05, 0) is 12.7 Å². The van der Waals surface area contributed by atoms with Crippen LogP contribution in [0.25, 0.3) is 0 Å². The van der Waals surface area contributed by atoms with Crippen LogP contribution in [-0.4, -0.2) is 35.6 Å². The van der Waals surface area contributed by atoms with Gasteiger partial charge in [0.25, 0.3) is 0 Å². The summed E-state index contributed by atoms with van der Waals surface area (Å²) in [6.45, 7) is 8.27. The molecule has 0 aromatic carbocycles. The fraction of sp³-hybridized carbons (Fsp3) is 0.643. The van der Waals surface area contributed by atoms with Crippen LogP contribution in [0.15, 0.2) is 4.90 Å². The van der Waals surface area contributed by atoms with Crippen LogP contribution in [0, 0.1) is 0 Å². The summed E-state index contributed by atoms with van der Waals surface area (Å²) in [5, 5.41) is 1.18. The highest BCUT2D eigenvalue weighted by Crippen LogP contribution is 2.45. The topological polar surface area (TPSA) is 46.3 Å². The molecule has 0 amide bonds. The van der Waals surface area contributed by atoms with Crippen LogP contribution in [0.5, 0.6) is 0 Å². The molecule has 0 bridgehead atoms. The van der Waals surface area contributed by atoms with Crippen LogP contribution in [0.1, 0.15) is 36.9 Å². The van der Waals surface area contributed by atoms with E-state index >= 15 is 0 Å². The van der Waals surface area contributed by atoms with Crippen LogP contribution >= 0.6 is 34.9 Å². The van der Waals surface area contributed by atoms with Crippen molar-refractivity contribution >= 4 is 51.3 Å². The van der Waals surface area contributed by atoms with Gasteiger partial charge in [0.05, 0.1) is 15.5 Å². The molecule has 112 valence electrons. The molecule has 1 fully saturated rings. The van der Waals surface area contributed by atoms with Gasteiger partial charge in [-0.25, -0.2) is 0 Å². The van der Waals surface area contributed by atoms with Crippen molar-refractivity contribution in [1.29, 1.82) is 0 Å². The number of nitrogen functional groups attached to an aromatic ring is 1. The number of hydrogen-bond acceptors (Lipinski definition) is 6. The Kier molecular flexibility index (Phi) is 4.97. The lowest BCUT2D eigenvalue weighted by Crippen LogP contribution is -2.26. The lowest BCUT2D eigenvalue weighted by molar-refractivity contribution is 0.102. The van der Waals surface area contributed by atoms with Crippen molar-refractivity contribution in [2.24, 2.45) is 0 Å². The monoisotopic (exact) mass is 330 g/mol. The zero-order valence-electron chi connectivity index (χ0n) is 12.5. The SMILES string of the molecule is CSc1c(N2CCSC(C)(C)CC2)sc(C(C)=O)c1N. The first kappa shape index (κ1) is 16.0. The number of hydrogen-bond donors (Lipinski definition) is 1. The van der Waals surface area contributed by atoms with E-state index in [-0.39, 0.29) is 5.78 Å². The molecule has 0 atom stereocenters. The van der Waals surface area contributed by atoms with Crippen molar-refractivity contribution < 1.29 is 4.79 Å². The number of nitrogens with two attached hydrogens (primary N) is 1. The summed E-state index contributed by atoms with van der Waals surface area (Å²) in [5.74, 6) is 1.19. The van der Waals surface area contributed by atoms with Crippen LogP contribution in [0.2, 0.25) is 0 Å². The van der Waals surface area contributed by atoms with E-state index < -0.39 is 0 Å². The molecule has 0 saturated carbocycles. The Morgan fingerprint density at radius 2 is 2.10 bits per heavy atom. The molecular weight excluding hydrogens is 308 g/mol. The Labute approximate surface area is 133 Å². The van der Waals surface area contributed by atoms with Gasteiger partial charge in [0.15, 0.2) is 5.78 Å². The molecule has 1 aromatic rings. The molecule has 0 radical (unpaired) electrons. The summed E-state index contributed by atoms with van der Waals surface area (Å²) in [5.41, 5.74) is 6.82. The molecule has 0 aliphatic carbocycles. The third kappa shape index (κ3) is 3.28. The lowest BCUT2D eigenvalue weighted by atomic mass is 10.1. The first-order valence-corrected chi connectivity index (χ1v) is 9.74. The van der Waals surface area contributed by atoms with E-state index in [1.165, 1.54) is 5.00 Å². The van der Waals surface area contributed by atoms with Crippen molar-refractivity contribution in [3.8, 4) is 0 Å². The predicted octanol–water partition coefficient (Wildman–Crippen LogP) is 3.98. The molecule has 1 saturated heterocycles. The molecule has 1 aromatic heterocycles. The zero-order valence-corrected chi connectivity index (χ0v) is 14.9. The smallest absolute Gasteiger partial charge is 0.171 e. The number of rotatable bonds is 3. The second-order valence-corrected chi connectivity index (χ2v) is 9.20. The maximum atomic E-state index is 11.7. The van der Waals surface area contributed by atoms with E-state index in [0.717, 1.165) is 30.2 Å². The van der Waals surface area contributed by atoms with Gasteiger partial charge in [-0.2, -0.15) is 11.8 Å². The van der Waals surface area contributed by atoms with E-state index in [1.54, 1.807) is 30.0 Å². The average molecular weight is 331 g/mol. The summed E-state index contributed by atoms with van der Waals surface area (Å²) < 4.78 is 0.334. The Morgan fingerprint density at radius 1 is 1.40 bits per heavy atom. The Hall–Kier alpha value is -0.330. The molecule has 3 nitrogen and oxygen atoms in total. The zero-order chi connectivity index (χ0) is 14.9. The molecule has 2 heterocycles. The van der Waals surface area contributed by atoms with Gasteiger partial charge >= 0.3 is 0 Å². The molecule has 0 spiro atoms. The predicted molar refractivity (Wildman–Crippen MR) is 93.9 cm³/mol. The molecule has 2 rings (SSSR count). The van der Waals surface area contributed by atoms with Crippen molar-refractivity contribution in [1.82, 2.24) is 0 Å². The van der Waals surface area contributed by atoms with E-state index in [1.807, 2.05) is 18.0 Å². The summed E-state index contributed by atoms with van der Waals surface area (Å²) >= 11 is 5.23. The van der Waals surface area contributed by atoms with Crippen molar-refractivity contribution in [3.05, 3.63) is 4.88 Å². The number of thioether (sulfide) groups is 2. The standard InChI is InChI=1S/C14H22N2OS3/c1-9(17)11-10(15)12(18-4)13(20-11)16-6-5-14(2,3)19-8-7-16/h5-8,15H2,1-4H3. The minimum Gasteiger partial charge on any atom is -0.396 e. The van der Waals surface area contributed by atoms with Gasteiger partial charge in [-0.3, -0.25) is 4.79 Å². The number of carbonyl (C=O) groups is 1. The first-order valence-electron chi connectivity index (χ1n) is 6.72. The highest BCUT2D eigenvalue weighted by molar-refractivity contribution is 8.00. The van der Waals surface area contributed by atoms with Crippen LogP contribution in [0.4, 0.5) is 10.7 Å². The third-order valence-electron chi connectivity index (χ3n) is 3.53. The lowest BCUT2D eigenvalue weighted by Gasteiger charge is -2.23. The number of thiophene rings is 1. The van der Waals surface area contributed by atoms with Gasteiger partial charge in [0.2, 0.25) is 0 Å². The van der Waals surface area contributed by atoms with Crippen molar-refractivity contribution in [2.45, 2.75) is 36.8 Å². The van der Waals surface area contributed by atoms with E-state index in [9.17, 15) is 4.79 Å². The molecule has 1 aliphatic heterocycles.